The van der Waals surface area contributed by atoms with E-state index in [1.165, 1.54) is 0 Å². The van der Waals surface area contributed by atoms with Crippen LogP contribution in [0.15, 0.2) is 0 Å². The number of carbonyl (C=O) groups is 2. The Kier molecular flexibility index (Phi) is 7.01. The van der Waals surface area contributed by atoms with Gasteiger partial charge in [0.2, 0.25) is 0 Å². The number of piperazine rings is 1. The molecule has 1 aliphatic rings. The van der Waals surface area contributed by atoms with Gasteiger partial charge in [0, 0.05) is 44.5 Å². The molecule has 0 spiro atoms. The average molecular weight is 289 g/mol. The van der Waals surface area contributed by atoms with Crippen LogP contribution in [0.2, 0.25) is 0 Å². The van der Waals surface area contributed by atoms with E-state index in [0.29, 0.717) is 19.6 Å². The van der Waals surface area contributed by atoms with Gasteiger partial charge in [0.05, 0.1) is 6.42 Å². The lowest BCUT2D eigenvalue weighted by molar-refractivity contribution is -0.137. The lowest BCUT2D eigenvalue weighted by Gasteiger charge is -2.35. The molecule has 7 heteroatoms. The fourth-order valence-electron chi connectivity index (χ4n) is 2.02. The first-order valence-corrected chi connectivity index (χ1v) is 7.91. The number of carbonyl (C=O) groups excluding carboxylic acids is 1. The van der Waals surface area contributed by atoms with Crippen molar-refractivity contribution in [3.63, 3.8) is 0 Å². The van der Waals surface area contributed by atoms with Gasteiger partial charge in [-0.2, -0.15) is 11.8 Å². The van der Waals surface area contributed by atoms with Crippen molar-refractivity contribution in [2.75, 3.05) is 44.7 Å². The minimum Gasteiger partial charge on any atom is -0.481 e. The van der Waals surface area contributed by atoms with Crippen molar-refractivity contribution in [3.8, 4) is 0 Å². The topological polar surface area (TPSA) is 72.9 Å². The van der Waals surface area contributed by atoms with Gasteiger partial charge in [-0.15, -0.1) is 0 Å². The van der Waals surface area contributed by atoms with Crippen molar-refractivity contribution in [1.82, 2.24) is 15.1 Å². The van der Waals surface area contributed by atoms with Gasteiger partial charge in [-0.3, -0.25) is 9.69 Å². The molecule has 0 bridgehead atoms. The summed E-state index contributed by atoms with van der Waals surface area (Å²) in [5.74, 6) is 0.135. The summed E-state index contributed by atoms with van der Waals surface area (Å²) < 4.78 is 0. The van der Waals surface area contributed by atoms with Gasteiger partial charge in [-0.1, -0.05) is 0 Å². The monoisotopic (exact) mass is 289 g/mol. The molecular formula is C12H23N3O3S. The number of urea groups is 1. The molecule has 1 unspecified atom stereocenters. The van der Waals surface area contributed by atoms with Crippen LogP contribution in [-0.4, -0.2) is 77.7 Å². The second kappa shape index (κ2) is 8.27. The SMILES string of the molecule is CSCC(C)NC(=O)N1CCN(CCC(=O)O)CC1. The van der Waals surface area contributed by atoms with E-state index in [2.05, 4.69) is 10.2 Å². The van der Waals surface area contributed by atoms with Crippen molar-refractivity contribution in [3.05, 3.63) is 0 Å². The first-order valence-electron chi connectivity index (χ1n) is 6.51. The number of nitrogens with zero attached hydrogens (tertiary/aromatic N) is 2. The molecule has 2 amide bonds. The quantitative estimate of drug-likeness (QED) is 0.746. The highest BCUT2D eigenvalue weighted by Gasteiger charge is 2.21. The third-order valence-electron chi connectivity index (χ3n) is 3.09. The average Bonchev–Trinajstić information content (AvgIpc) is 2.37. The van der Waals surface area contributed by atoms with Crippen molar-refractivity contribution in [2.24, 2.45) is 0 Å². The van der Waals surface area contributed by atoms with Gasteiger partial charge in [0.1, 0.15) is 0 Å². The van der Waals surface area contributed by atoms with E-state index in [-0.39, 0.29) is 18.5 Å². The minimum atomic E-state index is -0.772. The summed E-state index contributed by atoms with van der Waals surface area (Å²) in [5.41, 5.74) is 0. The third-order valence-corrected chi connectivity index (χ3v) is 3.92. The summed E-state index contributed by atoms with van der Waals surface area (Å²) in [6, 6.07) is 0.159. The van der Waals surface area contributed by atoms with E-state index in [4.69, 9.17) is 5.11 Å². The largest absolute Gasteiger partial charge is 0.481 e. The van der Waals surface area contributed by atoms with E-state index in [1.807, 2.05) is 13.2 Å². The summed E-state index contributed by atoms with van der Waals surface area (Å²) in [7, 11) is 0. The minimum absolute atomic E-state index is 0.0144. The fourth-order valence-corrected chi connectivity index (χ4v) is 2.61. The Bertz CT molecular complexity index is 307. The molecule has 110 valence electrons. The normalized spacial score (nSPS) is 18.1. The van der Waals surface area contributed by atoms with Gasteiger partial charge >= 0.3 is 12.0 Å². The number of nitrogens with one attached hydrogen (secondary N) is 1. The number of amides is 2. The van der Waals surface area contributed by atoms with Crippen LogP contribution in [0.25, 0.3) is 0 Å². The maximum Gasteiger partial charge on any atom is 0.317 e. The number of thioether (sulfide) groups is 1. The summed E-state index contributed by atoms with van der Waals surface area (Å²) in [4.78, 5) is 26.3. The summed E-state index contributed by atoms with van der Waals surface area (Å²) >= 11 is 1.71. The van der Waals surface area contributed by atoms with E-state index in [0.717, 1.165) is 18.8 Å². The zero-order valence-electron chi connectivity index (χ0n) is 11.6. The Morgan fingerprint density at radius 3 is 2.47 bits per heavy atom. The molecule has 0 aromatic heterocycles. The Hall–Kier alpha value is -0.950. The van der Waals surface area contributed by atoms with Crippen LogP contribution in [0.4, 0.5) is 4.79 Å². The second-order valence-electron chi connectivity index (χ2n) is 4.78. The zero-order chi connectivity index (χ0) is 14.3. The van der Waals surface area contributed by atoms with E-state index < -0.39 is 5.97 Å². The van der Waals surface area contributed by atoms with E-state index >= 15 is 0 Å². The van der Waals surface area contributed by atoms with Crippen molar-refractivity contribution in [2.45, 2.75) is 19.4 Å². The summed E-state index contributed by atoms with van der Waals surface area (Å²) in [6.45, 7) is 5.38. The molecule has 0 radical (unpaired) electrons. The highest BCUT2D eigenvalue weighted by atomic mass is 32.2. The number of rotatable bonds is 6. The lowest BCUT2D eigenvalue weighted by Crippen LogP contribution is -2.53. The predicted molar refractivity (Wildman–Crippen MR) is 76.6 cm³/mol. The molecule has 1 aliphatic heterocycles. The van der Waals surface area contributed by atoms with Crippen molar-refractivity contribution in [1.29, 1.82) is 0 Å². The molecule has 1 atom stereocenters. The molecule has 0 aliphatic carbocycles. The van der Waals surface area contributed by atoms with Gasteiger partial charge in [0.25, 0.3) is 0 Å². The number of hydrogen-bond donors (Lipinski definition) is 2. The standard InChI is InChI=1S/C12H23N3O3S/c1-10(9-19-2)13-12(18)15-7-5-14(6-8-15)4-3-11(16)17/h10H,3-9H2,1-2H3,(H,13,18)(H,16,17). The molecule has 1 rings (SSSR count). The Morgan fingerprint density at radius 1 is 1.32 bits per heavy atom. The molecule has 19 heavy (non-hydrogen) atoms. The smallest absolute Gasteiger partial charge is 0.317 e. The van der Waals surface area contributed by atoms with Crippen LogP contribution in [-0.2, 0) is 4.79 Å². The first-order chi connectivity index (χ1) is 9.02. The van der Waals surface area contributed by atoms with Crippen molar-refractivity contribution >= 4 is 23.8 Å². The summed E-state index contributed by atoms with van der Waals surface area (Å²) in [6.07, 6.45) is 2.18. The lowest BCUT2D eigenvalue weighted by atomic mass is 10.3. The number of carboxylic acids is 1. The maximum atomic E-state index is 11.9. The molecule has 1 saturated heterocycles. The van der Waals surface area contributed by atoms with E-state index in [1.54, 1.807) is 16.7 Å². The molecule has 1 fully saturated rings. The van der Waals surface area contributed by atoms with Crippen molar-refractivity contribution < 1.29 is 14.7 Å². The fraction of sp³-hybridized carbons (Fsp3) is 0.833. The second-order valence-corrected chi connectivity index (χ2v) is 5.69. The maximum absolute atomic E-state index is 11.9. The first kappa shape index (κ1) is 16.1. The molecule has 1 heterocycles. The van der Waals surface area contributed by atoms with Crippen LogP contribution in [0.3, 0.4) is 0 Å². The van der Waals surface area contributed by atoms with Crippen LogP contribution >= 0.6 is 11.8 Å². The molecule has 0 aromatic carbocycles. The third kappa shape index (κ3) is 6.15. The number of hydrogen-bond acceptors (Lipinski definition) is 4. The Morgan fingerprint density at radius 2 is 1.95 bits per heavy atom. The van der Waals surface area contributed by atoms with Gasteiger partial charge in [-0.25, -0.2) is 4.79 Å². The van der Waals surface area contributed by atoms with E-state index in [9.17, 15) is 9.59 Å². The van der Waals surface area contributed by atoms with Crippen LogP contribution in [0.5, 0.6) is 0 Å². The molecule has 2 N–H and O–H groups in total. The van der Waals surface area contributed by atoms with Gasteiger partial charge < -0.3 is 15.3 Å². The highest BCUT2D eigenvalue weighted by molar-refractivity contribution is 7.98. The molecule has 6 nitrogen and oxygen atoms in total. The van der Waals surface area contributed by atoms with Gasteiger partial charge in [0.15, 0.2) is 0 Å². The Balaban J connectivity index is 2.25. The Labute approximate surface area is 118 Å². The molecular weight excluding hydrogens is 266 g/mol. The van der Waals surface area contributed by atoms with Gasteiger partial charge in [-0.05, 0) is 13.2 Å². The zero-order valence-corrected chi connectivity index (χ0v) is 12.4. The molecule has 0 aromatic rings. The van der Waals surface area contributed by atoms with Crippen LogP contribution < -0.4 is 5.32 Å². The number of aliphatic carboxylic acids is 1. The number of carboxylic acid groups (broad SMARTS) is 1. The van der Waals surface area contributed by atoms with Crippen LogP contribution in [0, 0.1) is 0 Å². The summed E-state index contributed by atoms with van der Waals surface area (Å²) in [5, 5.41) is 11.6. The van der Waals surface area contributed by atoms with Crippen LogP contribution in [0.1, 0.15) is 13.3 Å². The highest BCUT2D eigenvalue weighted by Crippen LogP contribution is 2.04. The predicted octanol–water partition coefficient (Wildman–Crippen LogP) is 0.540. The molecule has 0 saturated carbocycles.